The van der Waals surface area contributed by atoms with Gasteiger partial charge in [-0.05, 0) is 56.3 Å². The summed E-state index contributed by atoms with van der Waals surface area (Å²) in [5.74, 6) is 0.864. The SMILES string of the molecule is C=Nc1c(/C=C\C)ccc(-c2ccc(OC3CCN(C(=O)[C@H](C)N)CC3)cc2)c1C. The van der Waals surface area contributed by atoms with E-state index < -0.39 is 6.04 Å². The van der Waals surface area contributed by atoms with E-state index in [0.717, 1.165) is 46.5 Å². The molecule has 0 unspecified atom stereocenters. The van der Waals surface area contributed by atoms with Crippen molar-refractivity contribution < 1.29 is 9.53 Å². The van der Waals surface area contributed by atoms with Crippen LogP contribution in [0.25, 0.3) is 17.2 Å². The summed E-state index contributed by atoms with van der Waals surface area (Å²) in [7, 11) is 0. The highest BCUT2D eigenvalue weighted by atomic mass is 16.5. The van der Waals surface area contributed by atoms with Crippen molar-refractivity contribution in [2.45, 2.75) is 45.8 Å². The summed E-state index contributed by atoms with van der Waals surface area (Å²) in [5, 5.41) is 0. The van der Waals surface area contributed by atoms with Crippen molar-refractivity contribution in [3.05, 3.63) is 53.6 Å². The van der Waals surface area contributed by atoms with Gasteiger partial charge in [-0.1, -0.05) is 36.4 Å². The first-order chi connectivity index (χ1) is 14.4. The van der Waals surface area contributed by atoms with Gasteiger partial charge in [0, 0.05) is 31.5 Å². The number of amides is 1. The number of ether oxygens (including phenoxy) is 1. The van der Waals surface area contributed by atoms with Gasteiger partial charge >= 0.3 is 0 Å². The van der Waals surface area contributed by atoms with Gasteiger partial charge in [-0.25, -0.2) is 0 Å². The Morgan fingerprint density at radius 1 is 1.23 bits per heavy atom. The molecule has 1 amide bonds. The van der Waals surface area contributed by atoms with Gasteiger partial charge in [0.05, 0.1) is 11.7 Å². The van der Waals surface area contributed by atoms with Crippen molar-refractivity contribution in [1.29, 1.82) is 0 Å². The Hall–Kier alpha value is -2.92. The normalized spacial score (nSPS) is 15.9. The van der Waals surface area contributed by atoms with Crippen molar-refractivity contribution in [3.63, 3.8) is 0 Å². The van der Waals surface area contributed by atoms with Crippen LogP contribution in [0.15, 0.2) is 47.5 Å². The summed E-state index contributed by atoms with van der Waals surface area (Å²) in [4.78, 5) is 18.1. The number of carbonyl (C=O) groups excluding carboxylic acids is 1. The summed E-state index contributed by atoms with van der Waals surface area (Å²) < 4.78 is 6.15. The largest absolute Gasteiger partial charge is 0.490 e. The summed E-state index contributed by atoms with van der Waals surface area (Å²) in [6.45, 7) is 10.9. The molecule has 5 nitrogen and oxygen atoms in total. The lowest BCUT2D eigenvalue weighted by molar-refractivity contribution is -0.133. The molecule has 1 atom stereocenters. The molecule has 0 bridgehead atoms. The lowest BCUT2D eigenvalue weighted by atomic mass is 9.96. The van der Waals surface area contributed by atoms with Crippen LogP contribution in [0.5, 0.6) is 5.75 Å². The third-order valence-corrected chi connectivity index (χ3v) is 5.58. The van der Waals surface area contributed by atoms with Crippen molar-refractivity contribution in [3.8, 4) is 16.9 Å². The number of carbonyl (C=O) groups is 1. The molecule has 1 aliphatic rings. The Bertz CT molecular complexity index is 924. The Morgan fingerprint density at radius 3 is 2.47 bits per heavy atom. The van der Waals surface area contributed by atoms with Gasteiger partial charge in [-0.15, -0.1) is 0 Å². The van der Waals surface area contributed by atoms with Crippen LogP contribution in [-0.2, 0) is 4.79 Å². The summed E-state index contributed by atoms with van der Waals surface area (Å²) in [6.07, 6.45) is 5.81. The maximum atomic E-state index is 12.0. The molecule has 1 saturated heterocycles. The van der Waals surface area contributed by atoms with Gasteiger partial charge < -0.3 is 15.4 Å². The number of piperidine rings is 1. The van der Waals surface area contributed by atoms with Crippen molar-refractivity contribution in [2.24, 2.45) is 10.7 Å². The van der Waals surface area contributed by atoms with Gasteiger partial charge in [0.25, 0.3) is 0 Å². The fourth-order valence-corrected chi connectivity index (χ4v) is 3.95. The van der Waals surface area contributed by atoms with E-state index in [2.05, 4.69) is 42.9 Å². The van der Waals surface area contributed by atoms with E-state index in [0.29, 0.717) is 13.1 Å². The highest BCUT2D eigenvalue weighted by Gasteiger charge is 2.25. The van der Waals surface area contributed by atoms with E-state index in [1.807, 2.05) is 36.1 Å². The lowest BCUT2D eigenvalue weighted by Crippen LogP contribution is -2.47. The number of nitrogens with two attached hydrogens (primary N) is 1. The molecular formula is C25H31N3O2. The van der Waals surface area contributed by atoms with Crippen molar-refractivity contribution >= 4 is 24.4 Å². The second-order valence-electron chi connectivity index (χ2n) is 7.79. The van der Waals surface area contributed by atoms with Gasteiger partial charge in [-0.2, -0.15) is 0 Å². The maximum absolute atomic E-state index is 12.0. The molecule has 30 heavy (non-hydrogen) atoms. The first kappa shape index (κ1) is 21.8. The molecular weight excluding hydrogens is 374 g/mol. The molecule has 0 radical (unpaired) electrons. The molecule has 0 spiro atoms. The third-order valence-electron chi connectivity index (χ3n) is 5.58. The Kier molecular flexibility index (Phi) is 7.06. The minimum atomic E-state index is -0.442. The molecule has 5 heteroatoms. The smallest absolute Gasteiger partial charge is 0.239 e. The number of nitrogens with zero attached hydrogens (tertiary/aromatic N) is 2. The maximum Gasteiger partial charge on any atom is 0.239 e. The summed E-state index contributed by atoms with van der Waals surface area (Å²) >= 11 is 0. The quantitative estimate of drug-likeness (QED) is 0.706. The van der Waals surface area contributed by atoms with E-state index in [1.165, 1.54) is 0 Å². The molecule has 1 fully saturated rings. The number of hydrogen-bond donors (Lipinski definition) is 1. The van der Waals surface area contributed by atoms with Gasteiger partial charge in [0.1, 0.15) is 11.9 Å². The molecule has 3 rings (SSSR count). The Balaban J connectivity index is 1.68. The predicted octanol–water partition coefficient (Wildman–Crippen LogP) is 4.74. The third kappa shape index (κ3) is 4.79. The van der Waals surface area contributed by atoms with E-state index in [4.69, 9.17) is 10.5 Å². The molecule has 2 N–H and O–H groups in total. The predicted molar refractivity (Wildman–Crippen MR) is 124 cm³/mol. The van der Waals surface area contributed by atoms with E-state index >= 15 is 0 Å². The Labute approximate surface area is 179 Å². The summed E-state index contributed by atoms with van der Waals surface area (Å²) in [6, 6.07) is 11.9. The molecule has 0 aliphatic carbocycles. The first-order valence-corrected chi connectivity index (χ1v) is 10.5. The monoisotopic (exact) mass is 405 g/mol. The highest BCUT2D eigenvalue weighted by molar-refractivity contribution is 5.81. The van der Waals surface area contributed by atoms with Crippen LogP contribution in [0.2, 0.25) is 0 Å². The van der Waals surface area contributed by atoms with Crippen LogP contribution in [0.4, 0.5) is 5.69 Å². The fourth-order valence-electron chi connectivity index (χ4n) is 3.95. The average molecular weight is 406 g/mol. The molecule has 2 aromatic rings. The molecule has 1 aliphatic heterocycles. The van der Waals surface area contributed by atoms with Crippen LogP contribution in [-0.4, -0.2) is 42.8 Å². The number of allylic oxidation sites excluding steroid dienone is 1. The number of aliphatic imine (C=N–C) groups is 1. The number of rotatable bonds is 6. The van der Waals surface area contributed by atoms with Gasteiger partial charge in [0.15, 0.2) is 0 Å². The van der Waals surface area contributed by atoms with Crippen LogP contribution < -0.4 is 10.5 Å². The lowest BCUT2D eigenvalue weighted by Gasteiger charge is -2.33. The van der Waals surface area contributed by atoms with E-state index in [-0.39, 0.29) is 12.0 Å². The molecule has 1 heterocycles. The van der Waals surface area contributed by atoms with Crippen LogP contribution in [0.3, 0.4) is 0 Å². The topological polar surface area (TPSA) is 67.9 Å². The molecule has 0 saturated carbocycles. The first-order valence-electron chi connectivity index (χ1n) is 10.5. The van der Waals surface area contributed by atoms with Crippen LogP contribution in [0.1, 0.15) is 37.8 Å². The highest BCUT2D eigenvalue weighted by Crippen LogP contribution is 2.34. The van der Waals surface area contributed by atoms with Crippen LogP contribution >= 0.6 is 0 Å². The zero-order valence-corrected chi connectivity index (χ0v) is 18.1. The number of likely N-dealkylation sites (tertiary alicyclic amines) is 1. The minimum absolute atomic E-state index is 0.0157. The fraction of sp³-hybridized carbons (Fsp3) is 0.360. The van der Waals surface area contributed by atoms with Gasteiger partial charge in [-0.3, -0.25) is 9.79 Å². The Morgan fingerprint density at radius 2 is 1.90 bits per heavy atom. The van der Waals surface area contributed by atoms with Crippen molar-refractivity contribution in [2.75, 3.05) is 13.1 Å². The number of benzene rings is 2. The molecule has 2 aromatic carbocycles. The second-order valence-corrected chi connectivity index (χ2v) is 7.79. The molecule has 158 valence electrons. The van der Waals surface area contributed by atoms with E-state index in [1.54, 1.807) is 6.92 Å². The van der Waals surface area contributed by atoms with Gasteiger partial charge in [0.2, 0.25) is 5.91 Å². The standard InChI is InChI=1S/C25H31N3O2/c1-5-6-20-9-12-23(17(2)24(20)27-4)19-7-10-21(11-8-19)30-22-13-15-28(16-14-22)25(29)18(3)26/h5-12,18,22H,4,13-16,26H2,1-3H3/b6-5-/t18-/m0/s1. The molecule has 0 aromatic heterocycles. The minimum Gasteiger partial charge on any atom is -0.490 e. The van der Waals surface area contributed by atoms with E-state index in [9.17, 15) is 4.79 Å². The number of hydrogen-bond acceptors (Lipinski definition) is 4. The van der Waals surface area contributed by atoms with Crippen molar-refractivity contribution in [1.82, 2.24) is 4.90 Å². The average Bonchev–Trinajstić information content (AvgIpc) is 2.75. The van der Waals surface area contributed by atoms with Crippen LogP contribution in [0, 0.1) is 6.92 Å². The zero-order valence-electron chi connectivity index (χ0n) is 18.1. The zero-order chi connectivity index (χ0) is 21.7. The summed E-state index contributed by atoms with van der Waals surface area (Å²) in [5.41, 5.74) is 11.1. The second kappa shape index (κ2) is 9.72.